The second-order valence-electron chi connectivity index (χ2n) is 5.61. The summed E-state index contributed by atoms with van der Waals surface area (Å²) < 4.78 is 232. The van der Waals surface area contributed by atoms with Crippen molar-refractivity contribution in [1.29, 1.82) is 0 Å². The highest BCUT2D eigenvalue weighted by Gasteiger charge is 2.85. The Morgan fingerprint density at radius 2 is 0.939 bits per heavy atom. The summed E-state index contributed by atoms with van der Waals surface area (Å²) in [4.78, 5) is 0. The summed E-state index contributed by atoms with van der Waals surface area (Å²) in [6, 6.07) is 0. The SMILES string of the molecule is O[C@@H](COCC(F)(F)OC(F)(F)C(F)(F)OC(F)(F)C(F)(F)C(F)(F)C(F)(F)F)C(F)(F)F. The van der Waals surface area contributed by atoms with Gasteiger partial charge in [-0.3, -0.25) is 0 Å². The molecule has 0 aliphatic rings. The molecule has 0 bridgehead atoms. The van der Waals surface area contributed by atoms with Gasteiger partial charge < -0.3 is 9.84 Å². The van der Waals surface area contributed by atoms with Crippen LogP contribution in [0.5, 0.6) is 0 Å². The topological polar surface area (TPSA) is 47.9 Å². The molecular weight excluding hydrogens is 538 g/mol. The monoisotopic (exact) mass is 544 g/mol. The lowest BCUT2D eigenvalue weighted by molar-refractivity contribution is -0.543. The Kier molecular flexibility index (Phi) is 8.60. The molecule has 1 N–H and O–H groups in total. The van der Waals surface area contributed by atoms with Gasteiger partial charge in [0.25, 0.3) is 0 Å². The van der Waals surface area contributed by atoms with E-state index >= 15 is 0 Å². The number of halogens is 18. The van der Waals surface area contributed by atoms with Crippen LogP contribution in [0, 0.1) is 0 Å². The number of ether oxygens (including phenoxy) is 3. The zero-order chi connectivity index (χ0) is 27.1. The number of aliphatic hydroxyl groups is 1. The molecule has 0 aromatic rings. The zero-order valence-corrected chi connectivity index (χ0v) is 14.5. The average Bonchev–Trinajstić information content (AvgIpc) is 2.49. The van der Waals surface area contributed by atoms with E-state index in [4.69, 9.17) is 5.11 Å². The first-order chi connectivity index (χ1) is 14.0. The first-order valence-corrected chi connectivity index (χ1v) is 7.10. The fourth-order valence-corrected chi connectivity index (χ4v) is 1.31. The molecule has 4 nitrogen and oxygen atoms in total. The maximum Gasteiger partial charge on any atom is 0.460 e. The molecular formula is C11H6F18O4. The number of hydrogen-bond donors (Lipinski definition) is 1. The van der Waals surface area contributed by atoms with Gasteiger partial charge in [0, 0.05) is 0 Å². The van der Waals surface area contributed by atoms with E-state index in [9.17, 15) is 79.0 Å². The molecule has 0 saturated carbocycles. The molecule has 0 spiro atoms. The standard InChI is InChI=1S/C11H6F18O4/c12-4(13,2-31-1-3(30)5(14,15)16)32-10(26,27)11(28,29)33-9(24,25)7(19,20)6(17,18)8(21,22)23/h3,30H,1-2H2/t3-/m0/s1. The van der Waals surface area contributed by atoms with Crippen LogP contribution in [0.15, 0.2) is 0 Å². The molecule has 0 amide bonds. The van der Waals surface area contributed by atoms with Gasteiger partial charge >= 0.3 is 48.6 Å². The van der Waals surface area contributed by atoms with E-state index in [2.05, 4.69) is 4.74 Å². The molecule has 0 unspecified atom stereocenters. The first-order valence-electron chi connectivity index (χ1n) is 7.10. The third-order valence-corrected chi connectivity index (χ3v) is 2.91. The second-order valence-corrected chi connectivity index (χ2v) is 5.61. The summed E-state index contributed by atoms with van der Waals surface area (Å²) in [6.07, 6.45) is -45.1. The van der Waals surface area contributed by atoms with Gasteiger partial charge in [-0.15, -0.1) is 0 Å². The van der Waals surface area contributed by atoms with Crippen molar-refractivity contribution in [2.45, 2.75) is 54.7 Å². The molecule has 0 heterocycles. The van der Waals surface area contributed by atoms with Crippen molar-refractivity contribution >= 4 is 0 Å². The van der Waals surface area contributed by atoms with E-state index in [1.807, 2.05) is 4.74 Å². The quantitative estimate of drug-likeness (QED) is 0.366. The van der Waals surface area contributed by atoms with Crippen molar-refractivity contribution in [2.24, 2.45) is 0 Å². The lowest BCUT2D eigenvalue weighted by Crippen LogP contribution is -2.64. The number of hydrogen-bond acceptors (Lipinski definition) is 4. The largest absolute Gasteiger partial charge is 0.460 e. The van der Waals surface area contributed by atoms with Crippen LogP contribution in [0.4, 0.5) is 79.0 Å². The van der Waals surface area contributed by atoms with Crippen molar-refractivity contribution in [3.05, 3.63) is 0 Å². The fourth-order valence-electron chi connectivity index (χ4n) is 1.31. The molecule has 1 atom stereocenters. The third-order valence-electron chi connectivity index (χ3n) is 2.91. The smallest absolute Gasteiger partial charge is 0.382 e. The number of rotatable bonds is 11. The van der Waals surface area contributed by atoms with E-state index in [0.29, 0.717) is 0 Å². The van der Waals surface area contributed by atoms with E-state index in [0.717, 1.165) is 0 Å². The lowest BCUT2D eigenvalue weighted by Gasteiger charge is -2.36. The Balaban J connectivity index is 5.57. The van der Waals surface area contributed by atoms with Crippen LogP contribution >= 0.6 is 0 Å². The molecule has 0 aliphatic heterocycles. The van der Waals surface area contributed by atoms with Gasteiger partial charge in [-0.25, -0.2) is 9.47 Å². The van der Waals surface area contributed by atoms with Gasteiger partial charge in [0.15, 0.2) is 6.10 Å². The van der Waals surface area contributed by atoms with Crippen molar-refractivity contribution in [2.75, 3.05) is 13.2 Å². The molecule has 200 valence electrons. The van der Waals surface area contributed by atoms with Crippen molar-refractivity contribution in [1.82, 2.24) is 0 Å². The van der Waals surface area contributed by atoms with Crippen LogP contribution < -0.4 is 0 Å². The molecule has 33 heavy (non-hydrogen) atoms. The van der Waals surface area contributed by atoms with Gasteiger partial charge in [-0.1, -0.05) is 0 Å². The lowest BCUT2D eigenvalue weighted by atomic mass is 10.1. The van der Waals surface area contributed by atoms with Crippen LogP contribution in [0.1, 0.15) is 0 Å². The highest BCUT2D eigenvalue weighted by Crippen LogP contribution is 2.55. The summed E-state index contributed by atoms with van der Waals surface area (Å²) >= 11 is 0. The Morgan fingerprint density at radius 3 is 1.30 bits per heavy atom. The molecule has 0 saturated heterocycles. The summed E-state index contributed by atoms with van der Waals surface area (Å²) in [7, 11) is 0. The predicted octanol–water partition coefficient (Wildman–Crippen LogP) is 5.16. The van der Waals surface area contributed by atoms with E-state index in [1.165, 1.54) is 4.74 Å². The number of aliphatic hydroxyl groups excluding tert-OH is 1. The van der Waals surface area contributed by atoms with Crippen LogP contribution in [0.25, 0.3) is 0 Å². The molecule has 0 aromatic carbocycles. The first kappa shape index (κ1) is 31.6. The Bertz CT molecular complexity index is 653. The molecule has 0 fully saturated rings. The maximum absolute atomic E-state index is 13.1. The second kappa shape index (κ2) is 8.98. The average molecular weight is 544 g/mol. The summed E-state index contributed by atoms with van der Waals surface area (Å²) in [5, 5.41) is 8.35. The predicted molar refractivity (Wildman–Crippen MR) is 60.8 cm³/mol. The van der Waals surface area contributed by atoms with E-state index in [1.54, 1.807) is 0 Å². The van der Waals surface area contributed by atoms with Gasteiger partial charge in [0.1, 0.15) is 6.61 Å². The Morgan fingerprint density at radius 1 is 0.545 bits per heavy atom. The number of alkyl halides is 18. The van der Waals surface area contributed by atoms with Crippen LogP contribution in [-0.4, -0.2) is 73.1 Å². The summed E-state index contributed by atoms with van der Waals surface area (Å²) in [6.45, 7) is -5.01. The third kappa shape index (κ3) is 7.04. The Hall–Kier alpha value is -1.42. The highest BCUT2D eigenvalue weighted by atomic mass is 19.4. The van der Waals surface area contributed by atoms with Crippen molar-refractivity contribution in [3.8, 4) is 0 Å². The minimum absolute atomic E-state index is 1.34. The molecule has 0 aromatic heterocycles. The van der Waals surface area contributed by atoms with Gasteiger partial charge in [0.05, 0.1) is 6.61 Å². The summed E-state index contributed by atoms with van der Waals surface area (Å²) in [5.74, 6) is -15.9. The van der Waals surface area contributed by atoms with Crippen LogP contribution in [0.3, 0.4) is 0 Å². The van der Waals surface area contributed by atoms with Crippen molar-refractivity contribution in [3.63, 3.8) is 0 Å². The van der Waals surface area contributed by atoms with E-state index < -0.39 is 67.9 Å². The van der Waals surface area contributed by atoms with Gasteiger partial charge in [0.2, 0.25) is 0 Å². The van der Waals surface area contributed by atoms with Gasteiger partial charge in [-0.2, -0.15) is 79.0 Å². The normalized spacial score (nSPS) is 16.8. The van der Waals surface area contributed by atoms with Crippen LogP contribution in [-0.2, 0) is 14.2 Å². The molecule has 0 rings (SSSR count). The minimum Gasteiger partial charge on any atom is -0.382 e. The molecule has 22 heteroatoms. The fraction of sp³-hybridized carbons (Fsp3) is 1.00. The van der Waals surface area contributed by atoms with Gasteiger partial charge in [-0.05, 0) is 0 Å². The zero-order valence-electron chi connectivity index (χ0n) is 14.5. The highest BCUT2D eigenvalue weighted by molar-refractivity contribution is 4.97. The van der Waals surface area contributed by atoms with Crippen molar-refractivity contribution < 1.29 is 98.3 Å². The molecule has 0 aliphatic carbocycles. The minimum atomic E-state index is -8.02. The van der Waals surface area contributed by atoms with Crippen LogP contribution in [0.2, 0.25) is 0 Å². The molecule has 0 radical (unpaired) electrons. The summed E-state index contributed by atoms with van der Waals surface area (Å²) in [5.41, 5.74) is 0. The Labute approximate surface area is 168 Å². The van der Waals surface area contributed by atoms with E-state index in [-0.39, 0.29) is 0 Å². The maximum atomic E-state index is 13.1.